The van der Waals surface area contributed by atoms with E-state index in [1.54, 1.807) is 34.1 Å². The lowest BCUT2D eigenvalue weighted by Gasteiger charge is -2.36. The van der Waals surface area contributed by atoms with Gasteiger partial charge in [0.15, 0.2) is 5.78 Å². The molecule has 0 N–H and O–H groups in total. The van der Waals surface area contributed by atoms with Crippen LogP contribution in [-0.4, -0.2) is 52.5 Å². The number of hydrogen-bond donors (Lipinski definition) is 0. The number of rotatable bonds is 5. The third kappa shape index (κ3) is 4.61. The summed E-state index contributed by atoms with van der Waals surface area (Å²) in [6.45, 7) is 3.86. The van der Waals surface area contributed by atoms with E-state index in [1.807, 2.05) is 29.2 Å². The second kappa shape index (κ2) is 8.89. The lowest BCUT2D eigenvalue weighted by molar-refractivity contribution is 0.0746. The summed E-state index contributed by atoms with van der Waals surface area (Å²) in [6, 6.07) is 12.0. The van der Waals surface area contributed by atoms with Gasteiger partial charge >= 0.3 is 0 Å². The summed E-state index contributed by atoms with van der Waals surface area (Å²) >= 11 is 6.20. The summed E-state index contributed by atoms with van der Waals surface area (Å²) in [4.78, 5) is 27.9. The first-order chi connectivity index (χ1) is 14.9. The van der Waals surface area contributed by atoms with Gasteiger partial charge in [-0.05, 0) is 36.8 Å². The molecule has 1 aromatic heterocycles. The Balaban J connectivity index is 1.38. The van der Waals surface area contributed by atoms with Gasteiger partial charge in [-0.15, -0.1) is 0 Å². The normalized spacial score (nSPS) is 14.0. The topological polar surface area (TPSA) is 58.4 Å². The number of halogens is 2. The first-order valence-corrected chi connectivity index (χ1v) is 10.4. The van der Waals surface area contributed by atoms with Crippen LogP contribution in [0.1, 0.15) is 33.2 Å². The van der Waals surface area contributed by atoms with E-state index in [0.717, 1.165) is 5.56 Å². The number of carbonyl (C=O) groups excluding carboxylic acids is 2. The molecule has 8 heteroatoms. The second-order valence-corrected chi connectivity index (χ2v) is 7.93. The van der Waals surface area contributed by atoms with Gasteiger partial charge in [0.2, 0.25) is 0 Å². The third-order valence-electron chi connectivity index (χ3n) is 5.43. The summed E-state index contributed by atoms with van der Waals surface area (Å²) in [5.41, 5.74) is 2.24. The molecule has 0 saturated carbocycles. The lowest BCUT2D eigenvalue weighted by atomic mass is 10.1. The molecule has 0 unspecified atom stereocenters. The van der Waals surface area contributed by atoms with Crippen LogP contribution in [-0.2, 0) is 6.54 Å². The lowest BCUT2D eigenvalue weighted by Crippen LogP contribution is -2.49. The van der Waals surface area contributed by atoms with Crippen molar-refractivity contribution in [1.29, 1.82) is 0 Å². The van der Waals surface area contributed by atoms with Crippen LogP contribution in [0.4, 0.5) is 10.1 Å². The van der Waals surface area contributed by atoms with Crippen LogP contribution >= 0.6 is 11.6 Å². The Morgan fingerprint density at radius 2 is 1.81 bits per heavy atom. The zero-order valence-corrected chi connectivity index (χ0v) is 17.8. The van der Waals surface area contributed by atoms with Crippen molar-refractivity contribution < 1.29 is 14.0 Å². The molecule has 0 radical (unpaired) electrons. The maximum atomic E-state index is 14.4. The molecular formula is C23H22ClFN4O2. The third-order valence-corrected chi connectivity index (χ3v) is 5.80. The predicted molar refractivity (Wildman–Crippen MR) is 117 cm³/mol. The summed E-state index contributed by atoms with van der Waals surface area (Å²) in [7, 11) is 0. The average Bonchev–Trinajstić information content (AvgIpc) is 3.23. The molecule has 1 aliphatic heterocycles. The van der Waals surface area contributed by atoms with Crippen LogP contribution < -0.4 is 4.90 Å². The molecule has 1 saturated heterocycles. The van der Waals surface area contributed by atoms with Crippen LogP contribution in [0, 0.1) is 5.82 Å². The Morgan fingerprint density at radius 1 is 1.06 bits per heavy atom. The van der Waals surface area contributed by atoms with Crippen LogP contribution in [0.15, 0.2) is 54.9 Å². The van der Waals surface area contributed by atoms with E-state index in [9.17, 15) is 14.0 Å². The molecule has 1 fully saturated rings. The fraction of sp³-hybridized carbons (Fsp3) is 0.261. The molecule has 1 aliphatic rings. The maximum Gasteiger partial charge on any atom is 0.257 e. The molecule has 0 spiro atoms. The molecule has 2 heterocycles. The van der Waals surface area contributed by atoms with E-state index >= 15 is 0 Å². The Labute approximate surface area is 184 Å². The van der Waals surface area contributed by atoms with Gasteiger partial charge in [0.05, 0.1) is 24.0 Å². The first kappa shape index (κ1) is 21.1. The van der Waals surface area contributed by atoms with E-state index in [2.05, 4.69) is 5.10 Å². The Morgan fingerprint density at radius 3 is 2.48 bits per heavy atom. The average molecular weight is 441 g/mol. The molecule has 4 rings (SSSR count). The highest BCUT2D eigenvalue weighted by molar-refractivity contribution is 6.31. The van der Waals surface area contributed by atoms with Gasteiger partial charge < -0.3 is 9.80 Å². The Hall–Kier alpha value is -3.19. The molecule has 1 amide bonds. The number of amides is 1. The molecular weight excluding hydrogens is 419 g/mol. The van der Waals surface area contributed by atoms with Crippen molar-refractivity contribution in [2.75, 3.05) is 31.1 Å². The van der Waals surface area contributed by atoms with Crippen molar-refractivity contribution in [3.63, 3.8) is 0 Å². The number of ketones is 1. The van der Waals surface area contributed by atoms with Gasteiger partial charge in [0.25, 0.3) is 5.91 Å². The monoisotopic (exact) mass is 440 g/mol. The smallest absolute Gasteiger partial charge is 0.257 e. The SMILES string of the molecule is CC(=O)c1ccc(N2CCN(C(=O)c3cnn(Cc4ccccc4Cl)c3)CC2)c(F)c1. The van der Waals surface area contributed by atoms with Crippen LogP contribution in [0.3, 0.4) is 0 Å². The zero-order valence-electron chi connectivity index (χ0n) is 17.1. The molecule has 0 aliphatic carbocycles. The number of nitrogens with zero attached hydrogens (tertiary/aromatic N) is 4. The van der Waals surface area contributed by atoms with Crippen molar-refractivity contribution >= 4 is 29.0 Å². The van der Waals surface area contributed by atoms with E-state index in [-0.39, 0.29) is 11.7 Å². The van der Waals surface area contributed by atoms with Crippen molar-refractivity contribution in [3.8, 4) is 0 Å². The minimum atomic E-state index is -0.423. The van der Waals surface area contributed by atoms with Crippen molar-refractivity contribution in [1.82, 2.24) is 14.7 Å². The van der Waals surface area contributed by atoms with Gasteiger partial charge in [-0.3, -0.25) is 14.3 Å². The van der Waals surface area contributed by atoms with Gasteiger partial charge in [0, 0.05) is 43.0 Å². The minimum Gasteiger partial charge on any atom is -0.366 e. The van der Waals surface area contributed by atoms with Gasteiger partial charge in [-0.2, -0.15) is 5.10 Å². The molecule has 160 valence electrons. The summed E-state index contributed by atoms with van der Waals surface area (Å²) in [5, 5.41) is 4.95. The number of carbonyl (C=O) groups is 2. The molecule has 0 bridgehead atoms. The van der Waals surface area contributed by atoms with E-state index in [4.69, 9.17) is 11.6 Å². The Bertz CT molecular complexity index is 1120. The number of Topliss-reactive ketones (excluding diaryl/α,β-unsaturated/α-hetero) is 1. The molecule has 3 aromatic rings. The number of piperazine rings is 1. The quantitative estimate of drug-likeness (QED) is 0.565. The van der Waals surface area contributed by atoms with Gasteiger partial charge in [-0.1, -0.05) is 29.8 Å². The fourth-order valence-electron chi connectivity index (χ4n) is 3.68. The fourth-order valence-corrected chi connectivity index (χ4v) is 3.87. The highest BCUT2D eigenvalue weighted by Gasteiger charge is 2.24. The second-order valence-electron chi connectivity index (χ2n) is 7.52. The number of hydrogen-bond acceptors (Lipinski definition) is 4. The number of aromatic nitrogens is 2. The van der Waals surface area contributed by atoms with Crippen LogP contribution in [0.25, 0.3) is 0 Å². The number of benzene rings is 2. The molecule has 2 aromatic carbocycles. The first-order valence-electron chi connectivity index (χ1n) is 10.0. The number of anilines is 1. The van der Waals surface area contributed by atoms with E-state index in [0.29, 0.717) is 54.6 Å². The zero-order chi connectivity index (χ0) is 22.0. The molecule has 6 nitrogen and oxygen atoms in total. The van der Waals surface area contributed by atoms with E-state index < -0.39 is 5.82 Å². The van der Waals surface area contributed by atoms with E-state index in [1.165, 1.54) is 13.0 Å². The van der Waals surface area contributed by atoms with Crippen molar-refractivity contribution in [2.24, 2.45) is 0 Å². The predicted octanol–water partition coefficient (Wildman–Crippen LogP) is 3.89. The summed E-state index contributed by atoms with van der Waals surface area (Å²) in [5.74, 6) is -0.693. The van der Waals surface area contributed by atoms with Crippen LogP contribution in [0.2, 0.25) is 5.02 Å². The summed E-state index contributed by atoms with van der Waals surface area (Å²) in [6.07, 6.45) is 3.28. The van der Waals surface area contributed by atoms with Crippen molar-refractivity contribution in [2.45, 2.75) is 13.5 Å². The largest absolute Gasteiger partial charge is 0.366 e. The summed E-state index contributed by atoms with van der Waals surface area (Å²) < 4.78 is 16.1. The highest BCUT2D eigenvalue weighted by Crippen LogP contribution is 2.23. The molecule has 0 atom stereocenters. The van der Waals surface area contributed by atoms with Crippen LogP contribution in [0.5, 0.6) is 0 Å². The van der Waals surface area contributed by atoms with Gasteiger partial charge in [0.1, 0.15) is 5.82 Å². The highest BCUT2D eigenvalue weighted by atomic mass is 35.5. The Kier molecular flexibility index (Phi) is 6.04. The van der Waals surface area contributed by atoms with Gasteiger partial charge in [-0.25, -0.2) is 4.39 Å². The molecule has 31 heavy (non-hydrogen) atoms. The van der Waals surface area contributed by atoms with Crippen molar-refractivity contribution in [3.05, 3.63) is 82.4 Å². The minimum absolute atomic E-state index is 0.0996. The maximum absolute atomic E-state index is 14.4. The standard InChI is InChI=1S/C23H22ClFN4O2/c1-16(30)17-6-7-22(21(25)12-17)27-8-10-28(11-9-27)23(31)19-13-26-29(15-19)14-18-4-2-3-5-20(18)24/h2-7,12-13,15H,8-11,14H2,1H3.